The first kappa shape index (κ1) is 24.6. The molecule has 1 N–H and O–H groups in total. The number of dihydropyridines is 1. The van der Waals surface area contributed by atoms with E-state index in [0.717, 1.165) is 21.3 Å². The van der Waals surface area contributed by atoms with Crippen LogP contribution in [-0.4, -0.2) is 18.9 Å². The second-order valence-corrected chi connectivity index (χ2v) is 10.9. The van der Waals surface area contributed by atoms with Crippen LogP contribution < -0.4 is 10.1 Å². The van der Waals surface area contributed by atoms with E-state index < -0.39 is 11.9 Å². The van der Waals surface area contributed by atoms with E-state index in [1.807, 2.05) is 49.4 Å². The topological polar surface area (TPSA) is 64.6 Å². The van der Waals surface area contributed by atoms with Crippen molar-refractivity contribution < 1.29 is 19.1 Å². The monoisotopic (exact) mass is 543 g/mol. The van der Waals surface area contributed by atoms with Gasteiger partial charge in [-0.3, -0.25) is 4.79 Å². The van der Waals surface area contributed by atoms with Gasteiger partial charge >= 0.3 is 5.97 Å². The van der Waals surface area contributed by atoms with Crippen molar-refractivity contribution in [2.75, 3.05) is 7.11 Å². The fourth-order valence-corrected chi connectivity index (χ4v) is 5.25. The number of benzene rings is 2. The Labute approximate surface area is 213 Å². The van der Waals surface area contributed by atoms with Gasteiger partial charge in [0.25, 0.3) is 0 Å². The number of hydrogen-bond donors (Lipinski definition) is 1. The number of carbonyl (C=O) groups is 2. The van der Waals surface area contributed by atoms with E-state index in [4.69, 9.17) is 21.1 Å². The molecule has 1 aliphatic carbocycles. The maximum atomic E-state index is 13.5. The molecule has 1 heterocycles. The van der Waals surface area contributed by atoms with Crippen LogP contribution in [-0.2, 0) is 20.9 Å². The molecule has 0 fully saturated rings. The molecule has 0 saturated carbocycles. The quantitative estimate of drug-likeness (QED) is 0.438. The summed E-state index contributed by atoms with van der Waals surface area (Å²) in [5, 5.41) is 4.00. The number of ether oxygens (including phenoxy) is 2. The number of rotatable bonds is 5. The van der Waals surface area contributed by atoms with E-state index in [1.165, 1.54) is 7.11 Å². The third kappa shape index (κ3) is 4.93. The van der Waals surface area contributed by atoms with E-state index in [1.54, 1.807) is 0 Å². The van der Waals surface area contributed by atoms with Gasteiger partial charge in [0, 0.05) is 38.4 Å². The minimum atomic E-state index is -0.593. The van der Waals surface area contributed by atoms with Gasteiger partial charge in [-0.05, 0) is 54.7 Å². The van der Waals surface area contributed by atoms with Gasteiger partial charge in [0.15, 0.2) is 5.78 Å². The van der Waals surface area contributed by atoms with Crippen LogP contribution >= 0.6 is 27.5 Å². The Balaban J connectivity index is 1.83. The van der Waals surface area contributed by atoms with E-state index in [2.05, 4.69) is 35.1 Å². The van der Waals surface area contributed by atoms with Gasteiger partial charge in [-0.2, -0.15) is 0 Å². The zero-order valence-electron chi connectivity index (χ0n) is 19.6. The molecule has 2 aromatic rings. The van der Waals surface area contributed by atoms with Crippen molar-refractivity contribution in [3.8, 4) is 5.75 Å². The number of nitrogens with one attached hydrogen (secondary N) is 1. The molecule has 1 atom stereocenters. The largest absolute Gasteiger partial charge is 0.489 e. The maximum Gasteiger partial charge on any atom is 0.336 e. The lowest BCUT2D eigenvalue weighted by Crippen LogP contribution is -2.38. The Kier molecular flexibility index (Phi) is 6.92. The number of methoxy groups -OCH3 is 1. The summed E-state index contributed by atoms with van der Waals surface area (Å²) in [7, 11) is 1.36. The van der Waals surface area contributed by atoms with Gasteiger partial charge in [-0.1, -0.05) is 53.5 Å². The number of halogens is 2. The number of ketones is 1. The van der Waals surface area contributed by atoms with Crippen molar-refractivity contribution in [2.24, 2.45) is 5.41 Å². The highest BCUT2D eigenvalue weighted by Crippen LogP contribution is 2.49. The molecule has 2 aliphatic rings. The lowest BCUT2D eigenvalue weighted by Gasteiger charge is -2.39. The smallest absolute Gasteiger partial charge is 0.336 e. The van der Waals surface area contributed by atoms with Gasteiger partial charge in [0.05, 0.1) is 18.6 Å². The molecule has 0 bridgehead atoms. The summed E-state index contributed by atoms with van der Waals surface area (Å²) < 4.78 is 12.2. The Hall–Kier alpha value is -2.57. The first-order valence-corrected chi connectivity index (χ1v) is 12.3. The summed E-state index contributed by atoms with van der Waals surface area (Å²) in [5.41, 5.74) is 4.11. The summed E-state index contributed by atoms with van der Waals surface area (Å²) in [6.45, 7) is 6.33. The summed E-state index contributed by atoms with van der Waals surface area (Å²) in [6, 6.07) is 13.1. The van der Waals surface area contributed by atoms with Crippen molar-refractivity contribution in [3.63, 3.8) is 0 Å². The predicted molar refractivity (Wildman–Crippen MR) is 136 cm³/mol. The van der Waals surface area contributed by atoms with E-state index >= 15 is 0 Å². The number of esters is 1. The standard InChI is InChI=1S/C27H27BrClNO4/c1-15-23(26(32)33-4)24(25-20(30-15)12-27(2,3)13-21(25)31)19-11-17(28)7-10-22(19)34-14-16-5-8-18(29)9-6-16/h5-11,24,30H,12-14H2,1-4H3/t24-/m1/s1. The number of allylic oxidation sites excluding steroid dienone is 3. The summed E-state index contributed by atoms with van der Waals surface area (Å²) in [5.74, 6) is -0.433. The third-order valence-corrected chi connectivity index (χ3v) is 6.98. The fraction of sp³-hybridized carbons (Fsp3) is 0.333. The van der Waals surface area contributed by atoms with Gasteiger partial charge in [0.2, 0.25) is 0 Å². The van der Waals surface area contributed by atoms with E-state index in [0.29, 0.717) is 47.1 Å². The van der Waals surface area contributed by atoms with Crippen molar-refractivity contribution >= 4 is 39.3 Å². The first-order chi connectivity index (χ1) is 16.1. The van der Waals surface area contributed by atoms with Crippen molar-refractivity contribution in [2.45, 2.75) is 46.1 Å². The molecule has 0 spiro atoms. The summed E-state index contributed by atoms with van der Waals surface area (Å²) in [4.78, 5) is 26.4. The molecule has 4 rings (SSSR count). The first-order valence-electron chi connectivity index (χ1n) is 11.1. The maximum absolute atomic E-state index is 13.5. The lowest BCUT2D eigenvalue weighted by atomic mass is 9.68. The summed E-state index contributed by atoms with van der Waals surface area (Å²) in [6.07, 6.45) is 1.12. The zero-order chi connectivity index (χ0) is 24.6. The van der Waals surface area contributed by atoms with E-state index in [9.17, 15) is 9.59 Å². The van der Waals surface area contributed by atoms with Crippen LogP contribution in [0.25, 0.3) is 0 Å². The molecule has 1 aliphatic heterocycles. The molecule has 34 heavy (non-hydrogen) atoms. The number of Topliss-reactive ketones (excluding diaryl/α,β-unsaturated/α-hetero) is 1. The third-order valence-electron chi connectivity index (χ3n) is 6.24. The average molecular weight is 545 g/mol. The van der Waals surface area contributed by atoms with Crippen LogP contribution in [0.2, 0.25) is 5.02 Å². The molecular weight excluding hydrogens is 518 g/mol. The Bertz CT molecular complexity index is 1210. The SMILES string of the molecule is COC(=O)C1=C(C)NC2=C(C(=O)CC(C)(C)C2)[C@@H]1c1cc(Br)ccc1OCc1ccc(Cl)cc1. The second-order valence-electron chi connectivity index (χ2n) is 9.52. The molecule has 178 valence electrons. The van der Waals surface area contributed by atoms with Crippen molar-refractivity contribution in [1.82, 2.24) is 5.32 Å². The van der Waals surface area contributed by atoms with Crippen molar-refractivity contribution in [3.05, 3.63) is 85.6 Å². The summed E-state index contributed by atoms with van der Waals surface area (Å²) >= 11 is 9.57. The van der Waals surface area contributed by atoms with Crippen LogP contribution in [0.15, 0.2) is 69.5 Å². The molecular formula is C27H27BrClNO4. The normalized spacial score (nSPS) is 19.5. The van der Waals surface area contributed by atoms with Gasteiger partial charge in [0.1, 0.15) is 12.4 Å². The zero-order valence-corrected chi connectivity index (χ0v) is 22.0. The molecule has 7 heteroatoms. The highest BCUT2D eigenvalue weighted by Gasteiger charge is 2.44. The minimum Gasteiger partial charge on any atom is -0.489 e. The Morgan fingerprint density at radius 3 is 2.56 bits per heavy atom. The second kappa shape index (κ2) is 9.59. The van der Waals surface area contributed by atoms with Crippen LogP contribution in [0.5, 0.6) is 5.75 Å². The van der Waals surface area contributed by atoms with Gasteiger partial charge in [-0.15, -0.1) is 0 Å². The Morgan fingerprint density at radius 2 is 1.88 bits per heavy atom. The molecule has 0 amide bonds. The molecule has 5 nitrogen and oxygen atoms in total. The number of carbonyl (C=O) groups excluding carboxylic acids is 2. The van der Waals surface area contributed by atoms with Crippen LogP contribution in [0.1, 0.15) is 50.7 Å². The highest BCUT2D eigenvalue weighted by molar-refractivity contribution is 9.10. The minimum absolute atomic E-state index is 0.0290. The van der Waals surface area contributed by atoms with Crippen LogP contribution in [0.3, 0.4) is 0 Å². The number of hydrogen-bond acceptors (Lipinski definition) is 5. The van der Waals surface area contributed by atoms with Crippen LogP contribution in [0, 0.1) is 5.41 Å². The Morgan fingerprint density at radius 1 is 1.18 bits per heavy atom. The van der Waals surface area contributed by atoms with Crippen molar-refractivity contribution in [1.29, 1.82) is 0 Å². The van der Waals surface area contributed by atoms with E-state index in [-0.39, 0.29) is 11.2 Å². The molecule has 0 radical (unpaired) electrons. The fourth-order valence-electron chi connectivity index (χ4n) is 4.75. The predicted octanol–water partition coefficient (Wildman–Crippen LogP) is 6.46. The highest BCUT2D eigenvalue weighted by atomic mass is 79.9. The molecule has 0 saturated heterocycles. The van der Waals surface area contributed by atoms with Crippen LogP contribution in [0.4, 0.5) is 0 Å². The van der Waals surface area contributed by atoms with Gasteiger partial charge in [-0.25, -0.2) is 4.79 Å². The molecule has 2 aromatic carbocycles. The molecule has 0 aromatic heterocycles. The molecule has 0 unspecified atom stereocenters. The average Bonchev–Trinajstić information content (AvgIpc) is 2.77. The lowest BCUT2D eigenvalue weighted by molar-refractivity contribution is -0.136. The van der Waals surface area contributed by atoms with Gasteiger partial charge < -0.3 is 14.8 Å².